The van der Waals surface area contributed by atoms with Crippen molar-refractivity contribution in [3.05, 3.63) is 72.3 Å². The Morgan fingerprint density at radius 1 is 1.17 bits per heavy atom. The number of nitrogens with zero attached hydrogens (tertiary/aromatic N) is 3. The van der Waals surface area contributed by atoms with Gasteiger partial charge < -0.3 is 14.6 Å². The number of carbonyl (C=O) groups excluding carboxylic acids is 1. The molecule has 0 saturated carbocycles. The molecule has 0 spiro atoms. The maximum Gasteiger partial charge on any atom is 0.415 e. The fourth-order valence-electron chi connectivity index (χ4n) is 3.69. The first-order chi connectivity index (χ1) is 14.7. The molecule has 0 bridgehead atoms. The van der Waals surface area contributed by atoms with Gasteiger partial charge in [0.15, 0.2) is 5.16 Å². The zero-order valence-electron chi connectivity index (χ0n) is 17.0. The minimum Gasteiger partial charge on any atom is -0.410 e. The van der Waals surface area contributed by atoms with Gasteiger partial charge in [0.05, 0.1) is 0 Å². The molecule has 7 heteroatoms. The number of hydrogen-bond donors (Lipinski definition) is 1. The number of benzene rings is 1. The van der Waals surface area contributed by atoms with Gasteiger partial charge in [-0.3, -0.25) is 4.98 Å². The van der Waals surface area contributed by atoms with Crippen LogP contribution in [-0.4, -0.2) is 44.3 Å². The molecule has 2 aromatic heterocycles. The van der Waals surface area contributed by atoms with E-state index in [4.69, 9.17) is 4.74 Å². The first-order valence-electron chi connectivity index (χ1n) is 10.3. The Kier molecular flexibility index (Phi) is 6.69. The summed E-state index contributed by atoms with van der Waals surface area (Å²) < 4.78 is 5.59. The van der Waals surface area contributed by atoms with Gasteiger partial charge in [0.2, 0.25) is 0 Å². The maximum atomic E-state index is 12.5. The molecule has 0 aliphatic carbocycles. The number of aromatic nitrogens is 3. The molecule has 1 unspecified atom stereocenters. The molecule has 1 N–H and O–H groups in total. The highest BCUT2D eigenvalue weighted by Gasteiger charge is 2.28. The van der Waals surface area contributed by atoms with E-state index in [2.05, 4.69) is 21.9 Å². The molecule has 1 aliphatic heterocycles. The van der Waals surface area contributed by atoms with E-state index in [-0.39, 0.29) is 6.09 Å². The van der Waals surface area contributed by atoms with E-state index in [9.17, 15) is 4.79 Å². The van der Waals surface area contributed by atoms with Crippen LogP contribution >= 0.6 is 11.8 Å². The van der Waals surface area contributed by atoms with E-state index in [0.717, 1.165) is 48.8 Å². The van der Waals surface area contributed by atoms with Gasteiger partial charge in [-0.15, -0.1) is 0 Å². The highest BCUT2D eigenvalue weighted by Crippen LogP contribution is 2.31. The number of pyridine rings is 1. The molecule has 30 heavy (non-hydrogen) atoms. The number of piperidine rings is 1. The molecule has 1 saturated heterocycles. The molecule has 4 rings (SSSR count). The predicted octanol–water partition coefficient (Wildman–Crippen LogP) is 4.79. The van der Waals surface area contributed by atoms with E-state index in [0.29, 0.717) is 16.9 Å². The van der Waals surface area contributed by atoms with Crippen LogP contribution in [0.2, 0.25) is 0 Å². The molecule has 3 aromatic rings. The number of carbonyl (C=O) groups is 1. The topological polar surface area (TPSA) is 71.1 Å². The molecule has 1 amide bonds. The molecule has 1 fully saturated rings. The number of hydrogen-bond acceptors (Lipinski definition) is 5. The van der Waals surface area contributed by atoms with Gasteiger partial charge in [0.1, 0.15) is 5.75 Å². The van der Waals surface area contributed by atoms with Crippen LogP contribution in [0.15, 0.2) is 66.2 Å². The van der Waals surface area contributed by atoms with Crippen molar-refractivity contribution in [2.45, 2.75) is 36.6 Å². The Morgan fingerprint density at radius 2 is 1.97 bits per heavy atom. The number of rotatable bonds is 6. The molecule has 1 aromatic carbocycles. The minimum absolute atomic E-state index is 0.266. The van der Waals surface area contributed by atoms with Crippen molar-refractivity contribution in [1.29, 1.82) is 0 Å². The average molecular weight is 423 g/mol. The van der Waals surface area contributed by atoms with E-state index in [1.807, 2.05) is 53.6 Å². The first-order valence-corrected chi connectivity index (χ1v) is 11.2. The lowest BCUT2D eigenvalue weighted by Crippen LogP contribution is -2.41. The van der Waals surface area contributed by atoms with Crippen LogP contribution in [-0.2, 0) is 6.42 Å². The molecular weight excluding hydrogens is 396 g/mol. The number of likely N-dealkylation sites (tertiary alicyclic amines) is 1. The Labute approximate surface area is 181 Å². The highest BCUT2D eigenvalue weighted by molar-refractivity contribution is 7.99. The summed E-state index contributed by atoms with van der Waals surface area (Å²) in [5.41, 5.74) is 2.15. The first kappa shape index (κ1) is 20.5. The third-order valence-electron chi connectivity index (χ3n) is 5.47. The van der Waals surface area contributed by atoms with Crippen molar-refractivity contribution in [2.24, 2.45) is 5.92 Å². The lowest BCUT2D eigenvalue weighted by molar-refractivity contribution is 0.131. The Hall–Kier alpha value is -2.80. The van der Waals surface area contributed by atoms with Crippen LogP contribution in [0.1, 0.15) is 31.0 Å². The second kappa shape index (κ2) is 9.80. The quantitative estimate of drug-likeness (QED) is 0.579. The molecule has 1 atom stereocenters. The van der Waals surface area contributed by atoms with Gasteiger partial charge in [0.25, 0.3) is 0 Å². The van der Waals surface area contributed by atoms with Crippen LogP contribution in [0.3, 0.4) is 0 Å². The molecule has 6 nitrogen and oxygen atoms in total. The van der Waals surface area contributed by atoms with E-state index in [1.54, 1.807) is 24.2 Å². The number of aromatic amines is 1. The smallest absolute Gasteiger partial charge is 0.410 e. The van der Waals surface area contributed by atoms with Crippen molar-refractivity contribution < 1.29 is 9.53 Å². The monoisotopic (exact) mass is 422 g/mol. The van der Waals surface area contributed by atoms with Gasteiger partial charge in [-0.1, -0.05) is 36.9 Å². The summed E-state index contributed by atoms with van der Waals surface area (Å²) in [6.45, 7) is 3.69. The molecule has 0 radical (unpaired) electrons. The largest absolute Gasteiger partial charge is 0.415 e. The summed E-state index contributed by atoms with van der Waals surface area (Å²) in [5.74, 6) is 1.14. The van der Waals surface area contributed by atoms with Crippen molar-refractivity contribution in [3.63, 3.8) is 0 Å². The second-order valence-electron chi connectivity index (χ2n) is 7.55. The maximum absolute atomic E-state index is 12.5. The lowest BCUT2D eigenvalue weighted by Gasteiger charge is -2.33. The number of imidazole rings is 1. The van der Waals surface area contributed by atoms with Crippen LogP contribution in [0.4, 0.5) is 4.79 Å². The van der Waals surface area contributed by atoms with E-state index in [1.165, 1.54) is 0 Å². The van der Waals surface area contributed by atoms with Crippen molar-refractivity contribution in [3.8, 4) is 5.75 Å². The van der Waals surface area contributed by atoms with Crippen LogP contribution in [0, 0.1) is 5.92 Å². The molecule has 1 aliphatic rings. The lowest BCUT2D eigenvalue weighted by atomic mass is 9.94. The van der Waals surface area contributed by atoms with Crippen molar-refractivity contribution in [2.75, 3.05) is 13.1 Å². The SMILES string of the molecule is CC(Sc1ncc[nH]1)C1CCN(C(=O)Oc2ccc(Cc3ccccn3)cc2)CC1. The van der Waals surface area contributed by atoms with Crippen LogP contribution in [0.25, 0.3) is 0 Å². The van der Waals surface area contributed by atoms with Gasteiger partial charge in [0, 0.05) is 49.0 Å². The predicted molar refractivity (Wildman–Crippen MR) is 118 cm³/mol. The summed E-state index contributed by atoms with van der Waals surface area (Å²) in [7, 11) is 0. The number of amides is 1. The normalized spacial score (nSPS) is 15.7. The van der Waals surface area contributed by atoms with Crippen LogP contribution in [0.5, 0.6) is 5.75 Å². The highest BCUT2D eigenvalue weighted by atomic mass is 32.2. The average Bonchev–Trinajstić information content (AvgIpc) is 3.29. The molecular formula is C23H26N4O2S. The second-order valence-corrected chi connectivity index (χ2v) is 8.92. The number of H-pyrrole nitrogens is 1. The standard InChI is InChI=1S/C23H26N4O2S/c1-17(30-22-25-12-13-26-22)19-9-14-27(15-10-19)23(28)29-21-7-5-18(6-8-21)16-20-4-2-3-11-24-20/h2-8,11-13,17,19H,9-10,14-16H2,1H3,(H,25,26). The van der Waals surface area contributed by atoms with Crippen molar-refractivity contribution in [1.82, 2.24) is 19.9 Å². The van der Waals surface area contributed by atoms with Gasteiger partial charge in [-0.25, -0.2) is 9.78 Å². The summed E-state index contributed by atoms with van der Waals surface area (Å²) >= 11 is 1.76. The van der Waals surface area contributed by atoms with Crippen molar-refractivity contribution >= 4 is 17.9 Å². The third-order valence-corrected chi connectivity index (χ3v) is 6.68. The fraction of sp³-hybridized carbons (Fsp3) is 0.348. The van der Waals surface area contributed by atoms with Gasteiger partial charge in [-0.2, -0.15) is 0 Å². The van der Waals surface area contributed by atoms with Gasteiger partial charge >= 0.3 is 6.09 Å². The van der Waals surface area contributed by atoms with Crippen LogP contribution < -0.4 is 4.74 Å². The summed E-state index contributed by atoms with van der Waals surface area (Å²) in [5, 5.41) is 1.41. The summed E-state index contributed by atoms with van der Waals surface area (Å²) in [6, 6.07) is 13.6. The zero-order chi connectivity index (χ0) is 20.8. The third kappa shape index (κ3) is 5.42. The number of thioether (sulfide) groups is 1. The zero-order valence-corrected chi connectivity index (χ0v) is 17.8. The van der Waals surface area contributed by atoms with Gasteiger partial charge in [-0.05, 0) is 48.6 Å². The Morgan fingerprint density at radius 3 is 2.63 bits per heavy atom. The summed E-state index contributed by atoms with van der Waals surface area (Å²) in [4.78, 5) is 26.1. The number of nitrogens with one attached hydrogen (secondary N) is 1. The van der Waals surface area contributed by atoms with E-state index >= 15 is 0 Å². The van der Waals surface area contributed by atoms with E-state index < -0.39 is 0 Å². The fourth-order valence-corrected chi connectivity index (χ4v) is 4.77. The summed E-state index contributed by atoms with van der Waals surface area (Å²) in [6.07, 6.45) is 7.87. The minimum atomic E-state index is -0.266. The molecule has 3 heterocycles. The Bertz CT molecular complexity index is 924. The number of ether oxygens (including phenoxy) is 1. The molecule has 156 valence electrons. The Balaban J connectivity index is 1.24.